The van der Waals surface area contributed by atoms with Gasteiger partial charge in [0.2, 0.25) is 5.91 Å². The van der Waals surface area contributed by atoms with Crippen LogP contribution in [0.25, 0.3) is 0 Å². The number of nitrogens with one attached hydrogen (secondary N) is 1. The molecule has 2 amide bonds. The smallest absolute Gasteiger partial charge is 0.264 e. The lowest BCUT2D eigenvalue weighted by Crippen LogP contribution is -2.35. The van der Waals surface area contributed by atoms with E-state index >= 15 is 0 Å². The van der Waals surface area contributed by atoms with Gasteiger partial charge in [-0.05, 0) is 65.4 Å². The first-order chi connectivity index (χ1) is 14.1. The molecule has 148 valence electrons. The Balaban J connectivity index is 1.37. The van der Waals surface area contributed by atoms with Crippen molar-refractivity contribution in [2.45, 2.75) is 17.9 Å². The van der Waals surface area contributed by atoms with Crippen molar-refractivity contribution >= 4 is 40.6 Å². The first-order valence-electron chi connectivity index (χ1n) is 9.21. The molecule has 0 bridgehead atoms. The van der Waals surface area contributed by atoms with Gasteiger partial charge in [-0.1, -0.05) is 12.1 Å². The fourth-order valence-corrected chi connectivity index (χ4v) is 4.63. The standard InChI is InChI=1S/C22H19FN2O2S2/c23-17-4-7-19(8-5-17)29-14-21(26)24-18-6-3-15-9-10-25(13-16(15)12-18)22(27)20-2-1-11-28-20/h1-8,11-12H,9-10,13-14H2,(H,24,26). The van der Waals surface area contributed by atoms with E-state index in [4.69, 9.17) is 0 Å². The summed E-state index contributed by atoms with van der Waals surface area (Å²) in [5, 5.41) is 4.82. The average Bonchev–Trinajstić information content (AvgIpc) is 3.27. The van der Waals surface area contributed by atoms with Crippen LogP contribution in [0, 0.1) is 5.82 Å². The molecule has 2 aromatic carbocycles. The van der Waals surface area contributed by atoms with Gasteiger partial charge < -0.3 is 10.2 Å². The van der Waals surface area contributed by atoms with E-state index in [0.29, 0.717) is 13.1 Å². The van der Waals surface area contributed by atoms with Crippen LogP contribution in [0.4, 0.5) is 10.1 Å². The van der Waals surface area contributed by atoms with Gasteiger partial charge in [-0.3, -0.25) is 9.59 Å². The van der Waals surface area contributed by atoms with Crippen molar-refractivity contribution in [1.29, 1.82) is 0 Å². The zero-order chi connectivity index (χ0) is 20.2. The molecule has 7 heteroatoms. The average molecular weight is 427 g/mol. The minimum atomic E-state index is -0.292. The fourth-order valence-electron chi connectivity index (χ4n) is 3.24. The molecule has 29 heavy (non-hydrogen) atoms. The molecule has 2 heterocycles. The van der Waals surface area contributed by atoms with E-state index in [2.05, 4.69) is 5.32 Å². The van der Waals surface area contributed by atoms with Crippen LogP contribution in [0.15, 0.2) is 64.9 Å². The van der Waals surface area contributed by atoms with Crippen molar-refractivity contribution in [3.63, 3.8) is 0 Å². The highest BCUT2D eigenvalue weighted by molar-refractivity contribution is 8.00. The number of thioether (sulfide) groups is 1. The molecule has 4 nitrogen and oxygen atoms in total. The normalized spacial score (nSPS) is 13.1. The number of hydrogen-bond donors (Lipinski definition) is 1. The van der Waals surface area contributed by atoms with Gasteiger partial charge in [-0.2, -0.15) is 0 Å². The largest absolute Gasteiger partial charge is 0.333 e. The van der Waals surface area contributed by atoms with Crippen molar-refractivity contribution in [1.82, 2.24) is 4.90 Å². The van der Waals surface area contributed by atoms with Gasteiger partial charge in [0.1, 0.15) is 5.82 Å². The molecule has 4 rings (SSSR count). The number of anilines is 1. The highest BCUT2D eigenvalue weighted by Gasteiger charge is 2.22. The zero-order valence-corrected chi connectivity index (χ0v) is 17.2. The molecular weight excluding hydrogens is 407 g/mol. The Morgan fingerprint density at radius 1 is 1.10 bits per heavy atom. The molecule has 0 spiro atoms. The van der Waals surface area contributed by atoms with E-state index in [1.165, 1.54) is 40.8 Å². The predicted molar refractivity (Wildman–Crippen MR) is 115 cm³/mol. The summed E-state index contributed by atoms with van der Waals surface area (Å²) in [6.45, 7) is 1.24. The number of thiophene rings is 1. The van der Waals surface area contributed by atoms with Gasteiger partial charge >= 0.3 is 0 Å². The predicted octanol–water partition coefficient (Wildman–Crippen LogP) is 4.82. The van der Waals surface area contributed by atoms with Crippen LogP contribution in [0.1, 0.15) is 20.8 Å². The molecule has 0 radical (unpaired) electrons. The number of hydrogen-bond acceptors (Lipinski definition) is 4. The van der Waals surface area contributed by atoms with Gasteiger partial charge in [0.15, 0.2) is 0 Å². The fraction of sp³-hybridized carbons (Fsp3) is 0.182. The number of halogens is 1. The summed E-state index contributed by atoms with van der Waals surface area (Å²) < 4.78 is 13.0. The molecule has 0 unspecified atom stereocenters. The Hall–Kier alpha value is -2.64. The summed E-state index contributed by atoms with van der Waals surface area (Å²) in [6, 6.07) is 15.7. The number of nitrogens with zero attached hydrogens (tertiary/aromatic N) is 1. The summed E-state index contributed by atoms with van der Waals surface area (Å²) in [5.41, 5.74) is 2.99. The molecule has 0 aliphatic carbocycles. The molecule has 1 aromatic heterocycles. The molecule has 0 fully saturated rings. The lowest BCUT2D eigenvalue weighted by atomic mass is 9.99. The quantitative estimate of drug-likeness (QED) is 0.596. The summed E-state index contributed by atoms with van der Waals surface area (Å²) in [6.07, 6.45) is 0.807. The summed E-state index contributed by atoms with van der Waals surface area (Å²) in [5.74, 6) is -0.122. The molecule has 1 aliphatic rings. The van der Waals surface area contributed by atoms with Crippen molar-refractivity contribution < 1.29 is 14.0 Å². The molecular formula is C22H19FN2O2S2. The third-order valence-electron chi connectivity index (χ3n) is 4.71. The Labute approximate surface area is 176 Å². The first kappa shape index (κ1) is 19.7. The van der Waals surface area contributed by atoms with E-state index in [-0.39, 0.29) is 23.4 Å². The highest BCUT2D eigenvalue weighted by Crippen LogP contribution is 2.25. The molecule has 3 aromatic rings. The first-order valence-corrected chi connectivity index (χ1v) is 11.1. The summed E-state index contributed by atoms with van der Waals surface area (Å²) >= 11 is 2.81. The van der Waals surface area contributed by atoms with Gasteiger partial charge in [-0.25, -0.2) is 4.39 Å². The third kappa shape index (κ3) is 4.86. The van der Waals surface area contributed by atoms with Crippen LogP contribution in [-0.2, 0) is 17.8 Å². The van der Waals surface area contributed by atoms with Crippen LogP contribution < -0.4 is 5.32 Å². The van der Waals surface area contributed by atoms with Crippen LogP contribution >= 0.6 is 23.1 Å². The Bertz CT molecular complexity index is 1020. The molecule has 0 saturated carbocycles. The lowest BCUT2D eigenvalue weighted by molar-refractivity contribution is -0.113. The summed E-state index contributed by atoms with van der Waals surface area (Å²) in [7, 11) is 0. The van der Waals surface area contributed by atoms with E-state index < -0.39 is 0 Å². The van der Waals surface area contributed by atoms with Crippen molar-refractivity contribution in [2.75, 3.05) is 17.6 Å². The van der Waals surface area contributed by atoms with Crippen molar-refractivity contribution in [2.24, 2.45) is 0 Å². The maximum atomic E-state index is 13.0. The number of carbonyl (C=O) groups is 2. The number of amides is 2. The maximum Gasteiger partial charge on any atom is 0.264 e. The van der Waals surface area contributed by atoms with Crippen LogP contribution in [0.2, 0.25) is 0 Å². The van der Waals surface area contributed by atoms with Gasteiger partial charge in [0.05, 0.1) is 10.6 Å². The lowest BCUT2D eigenvalue weighted by Gasteiger charge is -2.29. The Morgan fingerprint density at radius 3 is 2.69 bits per heavy atom. The molecule has 1 N–H and O–H groups in total. The second-order valence-electron chi connectivity index (χ2n) is 6.73. The van der Waals surface area contributed by atoms with Crippen molar-refractivity contribution in [3.8, 4) is 0 Å². The van der Waals surface area contributed by atoms with Crippen molar-refractivity contribution in [3.05, 3.63) is 81.8 Å². The van der Waals surface area contributed by atoms with E-state index in [1.54, 1.807) is 12.1 Å². The van der Waals surface area contributed by atoms with Gasteiger partial charge in [0, 0.05) is 23.7 Å². The molecule has 0 saturated heterocycles. The third-order valence-corrected chi connectivity index (χ3v) is 6.57. The van der Waals surface area contributed by atoms with Crippen LogP contribution in [-0.4, -0.2) is 29.0 Å². The second kappa shape index (κ2) is 8.80. The number of benzene rings is 2. The van der Waals surface area contributed by atoms with E-state index in [0.717, 1.165) is 27.4 Å². The van der Waals surface area contributed by atoms with Gasteiger partial charge in [-0.15, -0.1) is 23.1 Å². The van der Waals surface area contributed by atoms with Gasteiger partial charge in [0.25, 0.3) is 5.91 Å². The number of rotatable bonds is 5. The summed E-state index contributed by atoms with van der Waals surface area (Å²) in [4.78, 5) is 28.3. The molecule has 1 aliphatic heterocycles. The number of fused-ring (bicyclic) bond motifs is 1. The van der Waals surface area contributed by atoms with E-state index in [9.17, 15) is 14.0 Å². The van der Waals surface area contributed by atoms with Crippen LogP contribution in [0.3, 0.4) is 0 Å². The zero-order valence-electron chi connectivity index (χ0n) is 15.6. The Kier molecular flexibility index (Phi) is 5.97. The minimum absolute atomic E-state index is 0.0517. The van der Waals surface area contributed by atoms with Crippen LogP contribution in [0.5, 0.6) is 0 Å². The topological polar surface area (TPSA) is 49.4 Å². The highest BCUT2D eigenvalue weighted by atomic mass is 32.2. The maximum absolute atomic E-state index is 13.0. The molecule has 0 atom stereocenters. The van der Waals surface area contributed by atoms with E-state index in [1.807, 2.05) is 40.6 Å². The second-order valence-corrected chi connectivity index (χ2v) is 8.72. The SMILES string of the molecule is O=C(CSc1ccc(F)cc1)Nc1ccc2c(c1)CN(C(=O)c1cccs1)CC2. The Morgan fingerprint density at radius 2 is 1.93 bits per heavy atom. The monoisotopic (exact) mass is 426 g/mol. The number of carbonyl (C=O) groups excluding carboxylic acids is 2. The minimum Gasteiger partial charge on any atom is -0.333 e.